The summed E-state index contributed by atoms with van der Waals surface area (Å²) in [5.41, 5.74) is 1.35. The molecule has 0 saturated heterocycles. The molecule has 0 fully saturated rings. The molecule has 1 unspecified atom stereocenters. The fourth-order valence-electron chi connectivity index (χ4n) is 3.36. The summed E-state index contributed by atoms with van der Waals surface area (Å²) in [6, 6.07) is 17.1. The Balaban J connectivity index is 1.52. The number of fused-ring (bicyclic) bond motifs is 1. The monoisotopic (exact) mass is 422 g/mol. The summed E-state index contributed by atoms with van der Waals surface area (Å²) in [5, 5.41) is 10.8. The summed E-state index contributed by atoms with van der Waals surface area (Å²) in [7, 11) is 0. The summed E-state index contributed by atoms with van der Waals surface area (Å²) in [4.78, 5) is 27.5. The molecule has 0 saturated carbocycles. The van der Waals surface area contributed by atoms with Crippen molar-refractivity contribution >= 4 is 35.0 Å². The molecule has 30 heavy (non-hydrogen) atoms. The maximum atomic E-state index is 13.4. The zero-order chi connectivity index (χ0) is 21.3. The van der Waals surface area contributed by atoms with Crippen molar-refractivity contribution in [2.75, 3.05) is 10.2 Å². The lowest BCUT2D eigenvalue weighted by Gasteiger charge is -2.42. The van der Waals surface area contributed by atoms with E-state index in [-0.39, 0.29) is 11.8 Å². The van der Waals surface area contributed by atoms with Crippen molar-refractivity contribution in [1.82, 2.24) is 10.2 Å². The molecule has 2 aromatic carbocycles. The first-order valence-electron chi connectivity index (χ1n) is 9.64. The third-order valence-electron chi connectivity index (χ3n) is 5.00. The van der Waals surface area contributed by atoms with E-state index in [2.05, 4.69) is 15.5 Å². The summed E-state index contributed by atoms with van der Waals surface area (Å²) in [5.74, 6) is 0.0659. The maximum absolute atomic E-state index is 13.4. The lowest BCUT2D eigenvalue weighted by atomic mass is 9.96. The Morgan fingerprint density at radius 1 is 1.13 bits per heavy atom. The second-order valence-electron chi connectivity index (χ2n) is 7.59. The van der Waals surface area contributed by atoms with Gasteiger partial charge in [-0.2, -0.15) is 0 Å². The highest BCUT2D eigenvalue weighted by molar-refractivity contribution is 8.00. The van der Waals surface area contributed by atoms with Crippen LogP contribution in [0.1, 0.15) is 32.2 Å². The van der Waals surface area contributed by atoms with Crippen LogP contribution in [-0.2, 0) is 16.0 Å². The van der Waals surface area contributed by atoms with Crippen molar-refractivity contribution in [3.63, 3.8) is 0 Å². The average molecular weight is 423 g/mol. The van der Waals surface area contributed by atoms with Gasteiger partial charge in [-0.25, -0.2) is 0 Å². The highest BCUT2D eigenvalue weighted by atomic mass is 32.2. The Kier molecular flexibility index (Phi) is 5.34. The number of aromatic nitrogens is 2. The van der Waals surface area contributed by atoms with Gasteiger partial charge in [-0.05, 0) is 38.5 Å². The van der Waals surface area contributed by atoms with Gasteiger partial charge in [-0.15, -0.1) is 10.2 Å². The molecule has 7 nitrogen and oxygen atoms in total. The number of amides is 2. The van der Waals surface area contributed by atoms with E-state index in [0.29, 0.717) is 28.9 Å². The van der Waals surface area contributed by atoms with Crippen LogP contribution in [0.2, 0.25) is 0 Å². The molecule has 1 atom stereocenters. The molecule has 1 aliphatic heterocycles. The molecule has 0 aliphatic carbocycles. The highest BCUT2D eigenvalue weighted by Gasteiger charge is 2.45. The van der Waals surface area contributed by atoms with E-state index in [1.807, 2.05) is 48.5 Å². The fourth-order valence-corrected chi connectivity index (χ4v) is 4.10. The fraction of sp³-hybridized carbons (Fsp3) is 0.273. The van der Waals surface area contributed by atoms with Crippen molar-refractivity contribution in [1.29, 1.82) is 0 Å². The molecular formula is C22H22N4O3S. The third-order valence-corrected chi connectivity index (χ3v) is 5.92. The second kappa shape index (κ2) is 7.95. The van der Waals surface area contributed by atoms with Crippen molar-refractivity contribution in [2.24, 2.45) is 0 Å². The first kappa shape index (κ1) is 20.2. The minimum Gasteiger partial charge on any atom is -0.416 e. The summed E-state index contributed by atoms with van der Waals surface area (Å²) >= 11 is 1.19. The Hall–Kier alpha value is -3.13. The van der Waals surface area contributed by atoms with E-state index in [1.165, 1.54) is 11.8 Å². The molecule has 1 aromatic heterocycles. The van der Waals surface area contributed by atoms with E-state index in [0.717, 1.165) is 5.56 Å². The number of nitrogens with zero attached hydrogens (tertiary/aromatic N) is 3. The van der Waals surface area contributed by atoms with Gasteiger partial charge >= 0.3 is 0 Å². The van der Waals surface area contributed by atoms with Crippen LogP contribution in [0, 0.1) is 0 Å². The quantitative estimate of drug-likeness (QED) is 0.627. The second-order valence-corrected chi connectivity index (χ2v) is 8.88. The molecule has 1 aliphatic rings. The first-order chi connectivity index (χ1) is 14.4. The van der Waals surface area contributed by atoms with Crippen molar-refractivity contribution < 1.29 is 14.0 Å². The number of para-hydroxylation sites is 2. The predicted molar refractivity (Wildman–Crippen MR) is 116 cm³/mol. The van der Waals surface area contributed by atoms with Crippen LogP contribution in [0.4, 0.5) is 11.4 Å². The number of nitrogens with one attached hydrogen (secondary N) is 1. The van der Waals surface area contributed by atoms with Gasteiger partial charge in [0.15, 0.2) is 0 Å². The molecule has 4 rings (SSSR count). The largest absolute Gasteiger partial charge is 0.416 e. The van der Waals surface area contributed by atoms with Crippen LogP contribution in [0.3, 0.4) is 0 Å². The highest BCUT2D eigenvalue weighted by Crippen LogP contribution is 2.38. The van der Waals surface area contributed by atoms with E-state index < -0.39 is 10.8 Å². The molecule has 2 amide bonds. The zero-order valence-electron chi connectivity index (χ0n) is 17.0. The van der Waals surface area contributed by atoms with Gasteiger partial charge in [0.1, 0.15) is 5.54 Å². The number of carbonyl (C=O) groups is 2. The molecule has 3 aromatic rings. The van der Waals surface area contributed by atoms with Crippen LogP contribution >= 0.6 is 11.8 Å². The standard InChI is InChI=1S/C22H22N4O3S/c1-14(30-21-25-24-18(29-21)13-15-9-5-4-6-10-15)19(27)26-17-12-8-7-11-16(17)23-20(28)22(26,2)3/h4-12,14H,13H2,1-3H3,(H,23,28). The Morgan fingerprint density at radius 2 is 1.83 bits per heavy atom. The molecular weight excluding hydrogens is 400 g/mol. The Morgan fingerprint density at radius 3 is 2.60 bits per heavy atom. The van der Waals surface area contributed by atoms with Crippen molar-refractivity contribution in [2.45, 2.75) is 43.2 Å². The van der Waals surface area contributed by atoms with E-state index >= 15 is 0 Å². The molecule has 0 bridgehead atoms. The third kappa shape index (κ3) is 3.82. The SMILES string of the molecule is CC(Sc1nnc(Cc2ccccc2)o1)C(=O)N1c2ccccc2NC(=O)C1(C)C. The van der Waals surface area contributed by atoms with Gasteiger partial charge in [0.05, 0.1) is 23.0 Å². The molecule has 0 spiro atoms. The van der Waals surface area contributed by atoms with Crippen molar-refractivity contribution in [3.05, 3.63) is 66.1 Å². The van der Waals surface area contributed by atoms with Crippen LogP contribution in [-0.4, -0.2) is 32.8 Å². The minimum absolute atomic E-state index is 0.199. The summed E-state index contributed by atoms with van der Waals surface area (Å²) in [6.45, 7) is 5.25. The molecule has 2 heterocycles. The van der Waals surface area contributed by atoms with Gasteiger partial charge in [0.25, 0.3) is 5.22 Å². The van der Waals surface area contributed by atoms with Gasteiger partial charge < -0.3 is 9.73 Å². The number of hydrogen-bond acceptors (Lipinski definition) is 6. The number of hydrogen-bond donors (Lipinski definition) is 1. The van der Waals surface area contributed by atoms with Crippen LogP contribution in [0.15, 0.2) is 64.2 Å². The molecule has 1 N–H and O–H groups in total. The number of rotatable bonds is 5. The molecule has 154 valence electrons. The van der Waals surface area contributed by atoms with Crippen LogP contribution in [0.25, 0.3) is 0 Å². The molecule has 0 radical (unpaired) electrons. The summed E-state index contributed by atoms with van der Waals surface area (Å²) < 4.78 is 5.73. The first-order valence-corrected chi connectivity index (χ1v) is 10.5. The van der Waals surface area contributed by atoms with Gasteiger partial charge in [0.2, 0.25) is 17.7 Å². The zero-order valence-corrected chi connectivity index (χ0v) is 17.8. The predicted octanol–water partition coefficient (Wildman–Crippen LogP) is 3.90. The number of thioether (sulfide) groups is 1. The van der Waals surface area contributed by atoms with Crippen molar-refractivity contribution in [3.8, 4) is 0 Å². The van der Waals surface area contributed by atoms with Crippen LogP contribution < -0.4 is 10.2 Å². The Bertz CT molecular complexity index is 1080. The number of carbonyl (C=O) groups excluding carboxylic acids is 2. The lowest BCUT2D eigenvalue weighted by molar-refractivity contribution is -0.126. The number of anilines is 2. The maximum Gasteiger partial charge on any atom is 0.277 e. The number of benzene rings is 2. The molecule has 8 heteroatoms. The topological polar surface area (TPSA) is 88.3 Å². The smallest absolute Gasteiger partial charge is 0.277 e. The van der Waals surface area contributed by atoms with Crippen LogP contribution in [0.5, 0.6) is 0 Å². The van der Waals surface area contributed by atoms with Gasteiger partial charge in [-0.3, -0.25) is 14.5 Å². The van der Waals surface area contributed by atoms with Gasteiger partial charge in [0, 0.05) is 0 Å². The minimum atomic E-state index is -1.02. The van der Waals surface area contributed by atoms with E-state index in [1.54, 1.807) is 31.7 Å². The average Bonchev–Trinajstić information content (AvgIpc) is 3.16. The lowest BCUT2D eigenvalue weighted by Crippen LogP contribution is -2.60. The normalized spacial score (nSPS) is 16.0. The van der Waals surface area contributed by atoms with Gasteiger partial charge in [-0.1, -0.05) is 54.2 Å². The van der Waals surface area contributed by atoms with E-state index in [4.69, 9.17) is 4.42 Å². The summed E-state index contributed by atoms with van der Waals surface area (Å²) in [6.07, 6.45) is 0.531. The van der Waals surface area contributed by atoms with E-state index in [9.17, 15) is 9.59 Å². The Labute approximate surface area is 178 Å².